The number of hydroxylamine groups is 1. The van der Waals surface area contributed by atoms with Gasteiger partial charge in [0.25, 0.3) is 0 Å². The van der Waals surface area contributed by atoms with Gasteiger partial charge in [0.1, 0.15) is 6.26 Å². The van der Waals surface area contributed by atoms with Crippen molar-refractivity contribution in [3.63, 3.8) is 0 Å². The molecule has 2 rings (SSSR count). The highest BCUT2D eigenvalue weighted by Crippen LogP contribution is 2.33. The maximum atomic E-state index is 10.9. The molecule has 2 aliphatic heterocycles. The van der Waals surface area contributed by atoms with Gasteiger partial charge in [-0.25, -0.2) is 21.3 Å². The Balaban J connectivity index is 0.000000200. The molecular formula is C7H16N8O3P2. The van der Waals surface area contributed by atoms with Gasteiger partial charge in [-0.2, -0.15) is 5.10 Å². The van der Waals surface area contributed by atoms with Gasteiger partial charge >= 0.3 is 15.2 Å². The normalized spacial score (nSPS) is 17.2. The number of allylic oxidation sites excluding steroid dienone is 3. The van der Waals surface area contributed by atoms with E-state index in [1.165, 1.54) is 24.9 Å². The lowest BCUT2D eigenvalue weighted by Crippen LogP contribution is -2.34. The third kappa shape index (κ3) is 5.57. The molecule has 0 aromatic heterocycles. The predicted octanol–water partition coefficient (Wildman–Crippen LogP) is -0.382. The van der Waals surface area contributed by atoms with Crippen LogP contribution in [0.1, 0.15) is 0 Å². The Morgan fingerprint density at radius 2 is 1.70 bits per heavy atom. The van der Waals surface area contributed by atoms with Crippen LogP contribution in [0.5, 0.6) is 0 Å². The Bertz CT molecular complexity index is 484. The Kier molecular flexibility index (Phi) is 5.52. The van der Waals surface area contributed by atoms with Crippen LogP contribution in [0, 0.1) is 0 Å². The minimum Gasteiger partial charge on any atom is -0.380 e. The first-order valence-electron chi connectivity index (χ1n) is 5.10. The molecule has 0 atom stereocenters. The van der Waals surface area contributed by atoms with Gasteiger partial charge in [-0.1, -0.05) is 0 Å². The lowest BCUT2D eigenvalue weighted by atomic mass is 10.6. The summed E-state index contributed by atoms with van der Waals surface area (Å²) < 4.78 is 22.8. The van der Waals surface area contributed by atoms with Crippen molar-refractivity contribution in [2.24, 2.45) is 27.1 Å². The summed E-state index contributed by atoms with van der Waals surface area (Å²) >= 11 is 0. The second kappa shape index (κ2) is 6.71. The summed E-state index contributed by atoms with van der Waals surface area (Å²) in [4.78, 5) is 5.62. The maximum absolute atomic E-state index is 10.9. The Labute approximate surface area is 115 Å². The summed E-state index contributed by atoms with van der Waals surface area (Å²) in [5, 5.41) is 3.56. The molecule has 0 radical (unpaired) electrons. The fourth-order valence-corrected chi connectivity index (χ4v) is 1.91. The van der Waals surface area contributed by atoms with Crippen molar-refractivity contribution in [2.75, 3.05) is 0 Å². The fourth-order valence-electron chi connectivity index (χ4n) is 0.942. The van der Waals surface area contributed by atoms with Crippen molar-refractivity contribution in [2.45, 2.75) is 0 Å². The van der Waals surface area contributed by atoms with E-state index in [1.807, 2.05) is 0 Å². The second-order valence-corrected chi connectivity index (χ2v) is 7.00. The molecule has 0 saturated heterocycles. The van der Waals surface area contributed by atoms with Gasteiger partial charge in [0.05, 0.1) is 6.21 Å². The van der Waals surface area contributed by atoms with Crippen LogP contribution in [0.2, 0.25) is 0 Å². The number of nitrogens with one attached hydrogen (secondary N) is 1. The van der Waals surface area contributed by atoms with Crippen molar-refractivity contribution in [1.29, 1.82) is 0 Å². The summed E-state index contributed by atoms with van der Waals surface area (Å²) in [5.74, 6) is 0. The molecule has 0 aromatic rings. The molecule has 0 spiro atoms. The highest BCUT2D eigenvalue weighted by molar-refractivity contribution is 7.56. The minimum absolute atomic E-state index is 0.924. The van der Waals surface area contributed by atoms with Gasteiger partial charge in [-0.3, -0.25) is 20.1 Å². The van der Waals surface area contributed by atoms with Gasteiger partial charge in [0.15, 0.2) is 0 Å². The number of hydrogen-bond acceptors (Lipinski definition) is 5. The summed E-state index contributed by atoms with van der Waals surface area (Å²) in [7, 11) is -6.49. The zero-order chi connectivity index (χ0) is 15.2. The average molecular weight is 322 g/mol. The highest BCUT2D eigenvalue weighted by atomic mass is 31.2. The van der Waals surface area contributed by atoms with E-state index in [4.69, 9.17) is 26.9 Å². The van der Waals surface area contributed by atoms with Crippen LogP contribution in [0.3, 0.4) is 0 Å². The Morgan fingerprint density at radius 1 is 1.00 bits per heavy atom. The zero-order valence-electron chi connectivity index (χ0n) is 10.3. The number of nitrogens with two attached hydrogens (primary N) is 4. The molecule has 20 heavy (non-hydrogen) atoms. The molecule has 112 valence electrons. The van der Waals surface area contributed by atoms with Crippen molar-refractivity contribution in [3.05, 3.63) is 36.9 Å². The predicted molar refractivity (Wildman–Crippen MR) is 75.8 cm³/mol. The smallest absolute Gasteiger partial charge is 0.332 e. The third-order valence-electron chi connectivity index (χ3n) is 1.77. The summed E-state index contributed by atoms with van der Waals surface area (Å²) in [5.41, 5.74) is 22.6. The van der Waals surface area contributed by atoms with Crippen LogP contribution in [-0.4, -0.2) is 15.8 Å². The van der Waals surface area contributed by atoms with Crippen LogP contribution in [0.4, 0.5) is 0 Å². The summed E-state index contributed by atoms with van der Waals surface area (Å²) in [6, 6.07) is 0. The highest BCUT2D eigenvalue weighted by Gasteiger charge is 2.18. The molecule has 0 aromatic carbocycles. The lowest BCUT2D eigenvalue weighted by Gasteiger charge is -2.23. The molecule has 9 N–H and O–H groups in total. The molecule has 0 saturated carbocycles. The number of hydrazine groups is 1. The van der Waals surface area contributed by atoms with Crippen LogP contribution in [-0.2, 0) is 14.0 Å². The quantitative estimate of drug-likeness (QED) is 0.420. The van der Waals surface area contributed by atoms with Gasteiger partial charge < -0.3 is 4.84 Å². The standard InChI is InChI=1S/C4H8N3O2P.C3H8N5OP/c5-10(6,8)7-3-1-2-4-9-7;4-10(5,9)8-3-1-2-6-7-8/h1-4H,(H4,5,6,8);1-3,7H,(H4,4,5,9). The first kappa shape index (κ1) is 16.4. The maximum Gasteiger partial charge on any atom is 0.332 e. The third-order valence-corrected chi connectivity index (χ3v) is 3.51. The monoisotopic (exact) mass is 322 g/mol. The number of hydrogen-bond donors (Lipinski definition) is 5. The zero-order valence-corrected chi connectivity index (χ0v) is 12.1. The van der Waals surface area contributed by atoms with Crippen LogP contribution in [0.25, 0.3) is 0 Å². The van der Waals surface area contributed by atoms with Crippen LogP contribution in [0.15, 0.2) is 42.0 Å². The van der Waals surface area contributed by atoms with Crippen molar-refractivity contribution in [1.82, 2.24) is 15.1 Å². The molecular weight excluding hydrogens is 306 g/mol. The molecule has 11 nitrogen and oxygen atoms in total. The molecule has 0 unspecified atom stereocenters. The molecule has 0 aliphatic carbocycles. The Hall–Kier alpha value is -1.61. The molecule has 0 fully saturated rings. The van der Waals surface area contributed by atoms with E-state index in [2.05, 4.69) is 10.6 Å². The van der Waals surface area contributed by atoms with E-state index in [0.29, 0.717) is 0 Å². The van der Waals surface area contributed by atoms with Gasteiger partial charge in [0.2, 0.25) is 0 Å². The first-order chi connectivity index (χ1) is 9.21. The van der Waals surface area contributed by atoms with E-state index in [1.54, 1.807) is 18.2 Å². The minimum atomic E-state index is -3.27. The van der Waals surface area contributed by atoms with E-state index in [-0.39, 0.29) is 0 Å². The van der Waals surface area contributed by atoms with Gasteiger partial charge in [0, 0.05) is 12.4 Å². The van der Waals surface area contributed by atoms with Crippen LogP contribution >= 0.6 is 15.2 Å². The van der Waals surface area contributed by atoms with E-state index in [0.717, 1.165) is 9.61 Å². The van der Waals surface area contributed by atoms with Gasteiger partial charge in [-0.15, -0.1) is 4.83 Å². The molecule has 2 heterocycles. The number of nitrogens with zero attached hydrogens (tertiary/aromatic N) is 3. The molecule has 0 amide bonds. The molecule has 0 bridgehead atoms. The summed E-state index contributed by atoms with van der Waals surface area (Å²) in [6.45, 7) is 0. The fraction of sp³-hybridized carbons (Fsp3) is 0. The van der Waals surface area contributed by atoms with Gasteiger partial charge in [-0.05, 0) is 18.2 Å². The SMILES string of the molecule is NP(N)(=O)N1C=CC=CO1.NP(N)(=O)N1C=CC=NN1. The number of rotatable bonds is 2. The largest absolute Gasteiger partial charge is 0.380 e. The van der Waals surface area contributed by atoms with Crippen molar-refractivity contribution >= 4 is 21.4 Å². The average Bonchev–Trinajstić information content (AvgIpc) is 2.40. The first-order valence-corrected chi connectivity index (χ1v) is 8.70. The van der Waals surface area contributed by atoms with E-state index in [9.17, 15) is 9.13 Å². The second-order valence-electron chi connectivity index (χ2n) is 3.49. The van der Waals surface area contributed by atoms with Crippen molar-refractivity contribution in [3.8, 4) is 0 Å². The molecule has 2 aliphatic rings. The topological polar surface area (TPSA) is 178 Å². The Morgan fingerprint density at radius 3 is 2.00 bits per heavy atom. The lowest BCUT2D eigenvalue weighted by molar-refractivity contribution is 0.0244. The number of hydrazone groups is 1. The van der Waals surface area contributed by atoms with E-state index >= 15 is 0 Å². The van der Waals surface area contributed by atoms with E-state index < -0.39 is 15.2 Å². The van der Waals surface area contributed by atoms with Crippen molar-refractivity contribution < 1.29 is 14.0 Å². The molecule has 13 heteroatoms. The summed E-state index contributed by atoms with van der Waals surface area (Å²) in [6.07, 6.45) is 10.5. The van der Waals surface area contributed by atoms with Crippen LogP contribution < -0.4 is 27.6 Å².